The average Bonchev–Trinajstić information content (AvgIpc) is 2.43. The minimum atomic E-state index is -1.50. The normalized spacial score (nSPS) is 10.9. The fourth-order valence-electron chi connectivity index (χ4n) is 2.90. The SMILES string of the molecule is C=C(C)c1c2ccccc2c(B(O)O)c2ccccc12. The summed E-state index contributed by atoms with van der Waals surface area (Å²) in [6.07, 6.45) is 0. The second kappa shape index (κ2) is 4.78. The first-order valence-corrected chi connectivity index (χ1v) is 6.56. The van der Waals surface area contributed by atoms with E-state index in [9.17, 15) is 10.0 Å². The van der Waals surface area contributed by atoms with Crippen LogP contribution in [0.3, 0.4) is 0 Å². The number of benzene rings is 3. The molecule has 0 saturated carbocycles. The monoisotopic (exact) mass is 262 g/mol. The largest absolute Gasteiger partial charge is 0.489 e. The van der Waals surface area contributed by atoms with E-state index in [-0.39, 0.29) is 0 Å². The van der Waals surface area contributed by atoms with Gasteiger partial charge in [-0.15, -0.1) is 0 Å². The smallest absolute Gasteiger partial charge is 0.423 e. The predicted molar refractivity (Wildman–Crippen MR) is 86.0 cm³/mol. The molecule has 2 N–H and O–H groups in total. The molecule has 3 rings (SSSR count). The summed E-state index contributed by atoms with van der Waals surface area (Å²) >= 11 is 0. The van der Waals surface area contributed by atoms with Crippen LogP contribution >= 0.6 is 0 Å². The van der Waals surface area contributed by atoms with E-state index in [1.54, 1.807) is 0 Å². The van der Waals surface area contributed by atoms with Crippen molar-refractivity contribution in [1.82, 2.24) is 0 Å². The first-order valence-electron chi connectivity index (χ1n) is 6.56. The molecule has 98 valence electrons. The first kappa shape index (κ1) is 12.9. The van der Waals surface area contributed by atoms with Gasteiger partial charge in [0.1, 0.15) is 0 Å². The molecule has 0 amide bonds. The second-order valence-corrected chi connectivity index (χ2v) is 5.03. The molecule has 0 fully saturated rings. The molecular weight excluding hydrogens is 247 g/mol. The number of hydrogen-bond donors (Lipinski definition) is 2. The summed E-state index contributed by atoms with van der Waals surface area (Å²) in [7, 11) is -1.50. The van der Waals surface area contributed by atoms with Crippen molar-refractivity contribution in [2.24, 2.45) is 0 Å². The van der Waals surface area contributed by atoms with Gasteiger partial charge < -0.3 is 10.0 Å². The van der Waals surface area contributed by atoms with Crippen LogP contribution in [-0.4, -0.2) is 17.2 Å². The number of allylic oxidation sites excluding steroid dienone is 1. The van der Waals surface area contributed by atoms with Crippen LogP contribution in [0.1, 0.15) is 12.5 Å². The van der Waals surface area contributed by atoms with Crippen LogP contribution in [0.25, 0.3) is 27.1 Å². The Balaban J connectivity index is 2.65. The minimum absolute atomic E-state index is 0.557. The molecule has 0 heterocycles. The molecule has 0 spiro atoms. The summed E-state index contributed by atoms with van der Waals surface area (Å²) in [6.45, 7) is 6.05. The van der Waals surface area contributed by atoms with Gasteiger partial charge >= 0.3 is 7.12 Å². The quantitative estimate of drug-likeness (QED) is 0.550. The van der Waals surface area contributed by atoms with Gasteiger partial charge in [0, 0.05) is 0 Å². The van der Waals surface area contributed by atoms with E-state index in [1.165, 1.54) is 0 Å². The molecule has 0 radical (unpaired) electrons. The van der Waals surface area contributed by atoms with Crippen LogP contribution in [-0.2, 0) is 0 Å². The first-order chi connectivity index (χ1) is 9.61. The lowest BCUT2D eigenvalue weighted by Gasteiger charge is -2.16. The Labute approximate surface area is 118 Å². The highest BCUT2D eigenvalue weighted by Gasteiger charge is 2.21. The van der Waals surface area contributed by atoms with Gasteiger partial charge in [-0.3, -0.25) is 0 Å². The van der Waals surface area contributed by atoms with Crippen LogP contribution in [0.5, 0.6) is 0 Å². The highest BCUT2D eigenvalue weighted by Crippen LogP contribution is 2.31. The van der Waals surface area contributed by atoms with Crippen LogP contribution in [0.15, 0.2) is 55.1 Å². The highest BCUT2D eigenvalue weighted by molar-refractivity contribution is 6.65. The Morgan fingerprint density at radius 1 is 0.850 bits per heavy atom. The maximum absolute atomic E-state index is 9.78. The van der Waals surface area contributed by atoms with E-state index < -0.39 is 7.12 Å². The second-order valence-electron chi connectivity index (χ2n) is 5.03. The molecule has 0 aliphatic carbocycles. The molecule has 0 bridgehead atoms. The van der Waals surface area contributed by atoms with E-state index in [0.717, 1.165) is 32.7 Å². The van der Waals surface area contributed by atoms with Gasteiger partial charge in [-0.05, 0) is 45.1 Å². The molecule has 0 aliphatic rings. The van der Waals surface area contributed by atoms with Gasteiger partial charge in [0.2, 0.25) is 0 Å². The van der Waals surface area contributed by atoms with Gasteiger partial charge in [-0.25, -0.2) is 0 Å². The summed E-state index contributed by atoms with van der Waals surface area (Å²) in [5.41, 5.74) is 2.60. The van der Waals surface area contributed by atoms with Gasteiger partial charge in [0.25, 0.3) is 0 Å². The Kier molecular flexibility index (Phi) is 3.09. The van der Waals surface area contributed by atoms with Crippen molar-refractivity contribution in [3.8, 4) is 0 Å². The lowest BCUT2D eigenvalue weighted by atomic mass is 9.72. The third kappa shape index (κ3) is 1.83. The van der Waals surface area contributed by atoms with E-state index in [0.29, 0.717) is 5.46 Å². The summed E-state index contributed by atoms with van der Waals surface area (Å²) in [5.74, 6) is 0. The van der Waals surface area contributed by atoms with Crippen molar-refractivity contribution in [3.05, 3.63) is 60.7 Å². The van der Waals surface area contributed by atoms with Crippen LogP contribution in [0, 0.1) is 0 Å². The Morgan fingerprint density at radius 2 is 1.25 bits per heavy atom. The van der Waals surface area contributed by atoms with E-state index in [4.69, 9.17) is 0 Å². The standard InChI is InChI=1S/C17H15BO2/c1-11(2)16-12-7-3-5-9-14(12)17(18(19)20)15-10-6-4-8-13(15)16/h3-10,19-20H,1H2,2H3. The van der Waals surface area contributed by atoms with Gasteiger partial charge in [-0.1, -0.05) is 55.1 Å². The third-order valence-corrected chi connectivity index (χ3v) is 3.66. The third-order valence-electron chi connectivity index (χ3n) is 3.66. The summed E-state index contributed by atoms with van der Waals surface area (Å²) in [4.78, 5) is 0. The highest BCUT2D eigenvalue weighted by atomic mass is 16.4. The number of fused-ring (bicyclic) bond motifs is 2. The zero-order chi connectivity index (χ0) is 14.3. The van der Waals surface area contributed by atoms with Gasteiger partial charge in [0.05, 0.1) is 0 Å². The molecule has 0 saturated heterocycles. The molecule has 3 aromatic rings. The van der Waals surface area contributed by atoms with Crippen LogP contribution < -0.4 is 5.46 Å². The Bertz CT molecular complexity index is 765. The van der Waals surface area contributed by atoms with Crippen molar-refractivity contribution in [2.45, 2.75) is 6.92 Å². The topological polar surface area (TPSA) is 40.5 Å². The van der Waals surface area contributed by atoms with Gasteiger partial charge in [0.15, 0.2) is 0 Å². The van der Waals surface area contributed by atoms with E-state index in [2.05, 4.69) is 6.58 Å². The van der Waals surface area contributed by atoms with Crippen LogP contribution in [0.2, 0.25) is 0 Å². The lowest BCUT2D eigenvalue weighted by Crippen LogP contribution is -2.31. The summed E-state index contributed by atoms with van der Waals surface area (Å²) < 4.78 is 0. The molecule has 20 heavy (non-hydrogen) atoms. The summed E-state index contributed by atoms with van der Waals surface area (Å²) in [6, 6.07) is 15.6. The zero-order valence-electron chi connectivity index (χ0n) is 11.3. The number of rotatable bonds is 2. The maximum atomic E-state index is 9.78. The molecular formula is C17H15BO2. The van der Waals surface area contributed by atoms with Crippen molar-refractivity contribution in [1.29, 1.82) is 0 Å². The van der Waals surface area contributed by atoms with Gasteiger partial charge in [-0.2, -0.15) is 0 Å². The molecule has 0 aromatic heterocycles. The van der Waals surface area contributed by atoms with Crippen molar-refractivity contribution in [2.75, 3.05) is 0 Å². The number of hydrogen-bond acceptors (Lipinski definition) is 2. The predicted octanol–water partition coefficient (Wildman–Crippen LogP) is 2.71. The van der Waals surface area contributed by atoms with Crippen LogP contribution in [0.4, 0.5) is 0 Å². The molecule has 0 atom stereocenters. The van der Waals surface area contributed by atoms with E-state index >= 15 is 0 Å². The lowest BCUT2D eigenvalue weighted by molar-refractivity contribution is 0.426. The van der Waals surface area contributed by atoms with Crippen molar-refractivity contribution >= 4 is 39.7 Å². The van der Waals surface area contributed by atoms with Crippen molar-refractivity contribution in [3.63, 3.8) is 0 Å². The molecule has 2 nitrogen and oxygen atoms in total. The van der Waals surface area contributed by atoms with Crippen molar-refractivity contribution < 1.29 is 10.0 Å². The maximum Gasteiger partial charge on any atom is 0.489 e. The Morgan fingerprint density at radius 3 is 1.60 bits per heavy atom. The minimum Gasteiger partial charge on any atom is -0.423 e. The Hall–Kier alpha value is -2.10. The molecule has 3 aromatic carbocycles. The molecule has 3 heteroatoms. The average molecular weight is 262 g/mol. The fraction of sp³-hybridized carbons (Fsp3) is 0.0588. The molecule has 0 unspecified atom stereocenters. The fourth-order valence-corrected chi connectivity index (χ4v) is 2.90. The summed E-state index contributed by atoms with van der Waals surface area (Å²) in [5, 5.41) is 23.3. The van der Waals surface area contributed by atoms with E-state index in [1.807, 2.05) is 55.5 Å². The molecule has 0 aliphatic heterocycles. The zero-order valence-corrected chi connectivity index (χ0v) is 11.3.